The van der Waals surface area contributed by atoms with Gasteiger partial charge in [0.1, 0.15) is 6.04 Å². The number of amides is 2. The van der Waals surface area contributed by atoms with Gasteiger partial charge in [-0.1, -0.05) is 43.7 Å². The summed E-state index contributed by atoms with van der Waals surface area (Å²) in [5, 5.41) is 5.65. The van der Waals surface area contributed by atoms with E-state index in [1.807, 2.05) is 20.8 Å². The highest BCUT2D eigenvalue weighted by atomic mass is 32.2. The van der Waals surface area contributed by atoms with Crippen molar-refractivity contribution in [1.29, 1.82) is 0 Å². The Labute approximate surface area is 184 Å². The molecule has 0 fully saturated rings. The second kappa shape index (κ2) is 10.4. The quantitative estimate of drug-likeness (QED) is 0.615. The Hall–Kier alpha value is -2.87. The summed E-state index contributed by atoms with van der Waals surface area (Å²) >= 11 is 0. The van der Waals surface area contributed by atoms with Gasteiger partial charge in [0.2, 0.25) is 15.9 Å². The molecule has 0 spiro atoms. The fourth-order valence-corrected chi connectivity index (χ4v) is 4.37. The summed E-state index contributed by atoms with van der Waals surface area (Å²) in [4.78, 5) is 25.8. The molecule has 0 aliphatic heterocycles. The molecule has 0 heterocycles. The van der Waals surface area contributed by atoms with Crippen LogP contribution in [0.15, 0.2) is 48.5 Å². The first-order valence-electron chi connectivity index (χ1n) is 10.3. The third-order valence-electron chi connectivity index (χ3n) is 5.04. The predicted molar refractivity (Wildman–Crippen MR) is 125 cm³/mol. The molecule has 0 aromatic heterocycles. The van der Waals surface area contributed by atoms with Crippen LogP contribution in [0.4, 0.5) is 11.4 Å². The lowest BCUT2D eigenvalue weighted by atomic mass is 10.1. The summed E-state index contributed by atoms with van der Waals surface area (Å²) in [6, 6.07) is 12.7. The molecular weight excluding hydrogens is 414 g/mol. The molecule has 0 unspecified atom stereocenters. The molecule has 2 N–H and O–H groups in total. The number of nitrogens with one attached hydrogen (secondary N) is 2. The molecule has 0 saturated carbocycles. The van der Waals surface area contributed by atoms with E-state index in [2.05, 4.69) is 10.6 Å². The number of hydrogen-bond acceptors (Lipinski definition) is 4. The summed E-state index contributed by atoms with van der Waals surface area (Å²) in [6.07, 6.45) is 2.11. The SMILES string of the molecule is CC[C@@H](C)NC(=O)c1ccccc1NC(=O)[C@@H](CC)N(c1ccc(C)cc1)S(C)(=O)=O. The average Bonchev–Trinajstić information content (AvgIpc) is 2.72. The number of carbonyl (C=O) groups excluding carboxylic acids is 2. The van der Waals surface area contributed by atoms with Gasteiger partial charge in [-0.2, -0.15) is 0 Å². The lowest BCUT2D eigenvalue weighted by Crippen LogP contribution is -2.47. The van der Waals surface area contributed by atoms with Crippen molar-refractivity contribution in [2.75, 3.05) is 15.9 Å². The highest BCUT2D eigenvalue weighted by Gasteiger charge is 2.32. The maximum atomic E-state index is 13.2. The standard InChI is InChI=1S/C23H31N3O4S/c1-6-17(4)24-22(27)19-10-8-9-11-20(19)25-23(28)21(7-2)26(31(5,29)30)18-14-12-16(3)13-15-18/h8-15,17,21H,6-7H2,1-5H3,(H,24,27)(H,25,28)/t17-,21-/m1/s1. The lowest BCUT2D eigenvalue weighted by molar-refractivity contribution is -0.117. The van der Waals surface area contributed by atoms with Crippen molar-refractivity contribution in [3.63, 3.8) is 0 Å². The Balaban J connectivity index is 2.36. The Bertz CT molecular complexity index is 1020. The number of carbonyl (C=O) groups is 2. The maximum Gasteiger partial charge on any atom is 0.253 e. The molecule has 2 aromatic carbocycles. The second-order valence-electron chi connectivity index (χ2n) is 7.64. The summed E-state index contributed by atoms with van der Waals surface area (Å²) in [5.41, 5.74) is 2.06. The van der Waals surface area contributed by atoms with Gasteiger partial charge in [0.15, 0.2) is 0 Å². The van der Waals surface area contributed by atoms with Gasteiger partial charge in [0.05, 0.1) is 23.2 Å². The van der Waals surface area contributed by atoms with Crippen LogP contribution in [0, 0.1) is 6.92 Å². The van der Waals surface area contributed by atoms with Gasteiger partial charge in [-0.3, -0.25) is 13.9 Å². The number of para-hydroxylation sites is 1. The molecule has 2 amide bonds. The van der Waals surface area contributed by atoms with Gasteiger partial charge in [-0.15, -0.1) is 0 Å². The van der Waals surface area contributed by atoms with Crippen LogP contribution in [0.3, 0.4) is 0 Å². The van der Waals surface area contributed by atoms with Crippen molar-refractivity contribution < 1.29 is 18.0 Å². The minimum absolute atomic E-state index is 0.0121. The molecule has 8 heteroatoms. The van der Waals surface area contributed by atoms with Gasteiger partial charge < -0.3 is 10.6 Å². The first-order chi connectivity index (χ1) is 14.6. The van der Waals surface area contributed by atoms with E-state index in [-0.39, 0.29) is 18.4 Å². The molecule has 0 aliphatic rings. The fraction of sp³-hybridized carbons (Fsp3) is 0.391. The van der Waals surface area contributed by atoms with Gasteiger partial charge in [-0.05, 0) is 51.0 Å². The van der Waals surface area contributed by atoms with Crippen LogP contribution in [-0.2, 0) is 14.8 Å². The number of aryl methyl sites for hydroxylation is 1. The fourth-order valence-electron chi connectivity index (χ4n) is 3.16. The van der Waals surface area contributed by atoms with Gasteiger partial charge in [-0.25, -0.2) is 8.42 Å². The highest BCUT2D eigenvalue weighted by molar-refractivity contribution is 7.92. The van der Waals surface area contributed by atoms with Crippen LogP contribution in [0.5, 0.6) is 0 Å². The third kappa shape index (κ3) is 6.30. The largest absolute Gasteiger partial charge is 0.350 e. The Morgan fingerprint density at radius 1 is 1.00 bits per heavy atom. The monoisotopic (exact) mass is 445 g/mol. The van der Waals surface area contributed by atoms with Crippen molar-refractivity contribution in [1.82, 2.24) is 5.32 Å². The number of benzene rings is 2. The van der Waals surface area contributed by atoms with Crippen LogP contribution in [0.1, 0.15) is 49.5 Å². The molecule has 7 nitrogen and oxygen atoms in total. The van der Waals surface area contributed by atoms with Gasteiger partial charge in [0, 0.05) is 6.04 Å². The molecule has 31 heavy (non-hydrogen) atoms. The molecular formula is C23H31N3O4S. The number of hydrogen-bond donors (Lipinski definition) is 2. The highest BCUT2D eigenvalue weighted by Crippen LogP contribution is 2.24. The minimum atomic E-state index is -3.73. The van der Waals surface area contributed by atoms with Crippen LogP contribution in [0.2, 0.25) is 0 Å². The van der Waals surface area contributed by atoms with Gasteiger partial charge in [0.25, 0.3) is 5.91 Å². The van der Waals surface area contributed by atoms with Crippen molar-refractivity contribution in [3.05, 3.63) is 59.7 Å². The Kier molecular flexibility index (Phi) is 8.21. The maximum absolute atomic E-state index is 13.2. The van der Waals surface area contributed by atoms with Crippen LogP contribution in [0.25, 0.3) is 0 Å². The number of nitrogens with zero attached hydrogens (tertiary/aromatic N) is 1. The molecule has 0 radical (unpaired) electrons. The van der Waals surface area contributed by atoms with Crippen molar-refractivity contribution in [3.8, 4) is 0 Å². The van der Waals surface area contributed by atoms with E-state index in [1.54, 1.807) is 55.5 Å². The first kappa shape index (κ1) is 24.4. The third-order valence-corrected chi connectivity index (χ3v) is 6.22. The zero-order valence-corrected chi connectivity index (χ0v) is 19.5. The summed E-state index contributed by atoms with van der Waals surface area (Å²) in [7, 11) is -3.73. The Morgan fingerprint density at radius 2 is 1.61 bits per heavy atom. The summed E-state index contributed by atoms with van der Waals surface area (Å²) in [5.74, 6) is -0.797. The summed E-state index contributed by atoms with van der Waals surface area (Å²) in [6.45, 7) is 7.52. The molecule has 2 atom stereocenters. The first-order valence-corrected chi connectivity index (χ1v) is 12.2. The smallest absolute Gasteiger partial charge is 0.253 e. The molecule has 0 bridgehead atoms. The number of anilines is 2. The van der Waals surface area contributed by atoms with E-state index >= 15 is 0 Å². The summed E-state index contributed by atoms with van der Waals surface area (Å²) < 4.78 is 26.3. The molecule has 0 saturated heterocycles. The zero-order chi connectivity index (χ0) is 23.2. The van der Waals surface area contributed by atoms with E-state index in [0.29, 0.717) is 16.9 Å². The van der Waals surface area contributed by atoms with Gasteiger partial charge >= 0.3 is 0 Å². The molecule has 0 aliphatic carbocycles. The van der Waals surface area contributed by atoms with Crippen molar-refractivity contribution >= 4 is 33.2 Å². The Morgan fingerprint density at radius 3 is 2.16 bits per heavy atom. The number of rotatable bonds is 9. The second-order valence-corrected chi connectivity index (χ2v) is 9.50. The minimum Gasteiger partial charge on any atom is -0.350 e. The van der Waals surface area contributed by atoms with Crippen LogP contribution in [-0.4, -0.2) is 38.6 Å². The normalized spacial score (nSPS) is 13.2. The van der Waals surface area contributed by atoms with E-state index in [4.69, 9.17) is 0 Å². The molecule has 168 valence electrons. The number of sulfonamides is 1. The van der Waals surface area contributed by atoms with Crippen LogP contribution < -0.4 is 14.9 Å². The lowest BCUT2D eigenvalue weighted by Gasteiger charge is -2.30. The molecule has 2 rings (SSSR count). The van der Waals surface area contributed by atoms with Crippen molar-refractivity contribution in [2.24, 2.45) is 0 Å². The van der Waals surface area contributed by atoms with Crippen LogP contribution >= 0.6 is 0 Å². The molecule has 2 aromatic rings. The van der Waals surface area contributed by atoms with E-state index in [0.717, 1.165) is 22.5 Å². The average molecular weight is 446 g/mol. The topological polar surface area (TPSA) is 95.6 Å². The van der Waals surface area contributed by atoms with E-state index in [9.17, 15) is 18.0 Å². The predicted octanol–water partition coefficient (Wildman–Crippen LogP) is 3.71. The van der Waals surface area contributed by atoms with E-state index < -0.39 is 22.0 Å². The zero-order valence-electron chi connectivity index (χ0n) is 18.7. The van der Waals surface area contributed by atoms with Crippen molar-refractivity contribution in [2.45, 2.75) is 52.6 Å². The van der Waals surface area contributed by atoms with E-state index in [1.165, 1.54) is 0 Å².